The first-order chi connectivity index (χ1) is 9.83. The van der Waals surface area contributed by atoms with E-state index in [1.54, 1.807) is 6.07 Å². The zero-order valence-electron chi connectivity index (χ0n) is 10.2. The Morgan fingerprint density at radius 2 is 1.90 bits per heavy atom. The van der Waals surface area contributed by atoms with E-state index < -0.39 is 38.1 Å². The van der Waals surface area contributed by atoms with Gasteiger partial charge in [-0.05, 0) is 24.3 Å². The molecule has 0 atom stereocenters. The summed E-state index contributed by atoms with van der Waals surface area (Å²) in [5.41, 5.74) is -1.33. The van der Waals surface area contributed by atoms with Gasteiger partial charge in [-0.3, -0.25) is 4.72 Å². The molecular formula is C12H8F2N2O4S. The van der Waals surface area contributed by atoms with Gasteiger partial charge >= 0.3 is 5.97 Å². The van der Waals surface area contributed by atoms with Crippen molar-refractivity contribution in [3.8, 4) is 0 Å². The molecule has 2 N–H and O–H groups in total. The zero-order chi connectivity index (χ0) is 15.6. The van der Waals surface area contributed by atoms with Crippen molar-refractivity contribution in [2.24, 2.45) is 0 Å². The summed E-state index contributed by atoms with van der Waals surface area (Å²) in [7, 11) is -4.43. The predicted octanol–water partition coefficient (Wildman–Crippen LogP) is 1.86. The van der Waals surface area contributed by atoms with Gasteiger partial charge in [-0.25, -0.2) is 27.0 Å². The van der Waals surface area contributed by atoms with Gasteiger partial charge in [0.2, 0.25) is 0 Å². The van der Waals surface area contributed by atoms with Crippen LogP contribution in [-0.4, -0.2) is 24.5 Å². The largest absolute Gasteiger partial charge is 0.477 e. The van der Waals surface area contributed by atoms with Crippen molar-refractivity contribution in [2.45, 2.75) is 4.90 Å². The fourth-order valence-electron chi connectivity index (χ4n) is 1.55. The molecule has 2 aromatic rings. The summed E-state index contributed by atoms with van der Waals surface area (Å²) in [4.78, 5) is 13.5. The van der Waals surface area contributed by atoms with Gasteiger partial charge in [-0.2, -0.15) is 0 Å². The van der Waals surface area contributed by atoms with Crippen LogP contribution in [0.2, 0.25) is 0 Å². The van der Waals surface area contributed by atoms with Crippen molar-refractivity contribution >= 4 is 21.8 Å². The lowest BCUT2D eigenvalue weighted by atomic mass is 10.2. The Morgan fingerprint density at radius 1 is 1.19 bits per heavy atom. The van der Waals surface area contributed by atoms with Crippen LogP contribution in [0.1, 0.15) is 10.4 Å². The van der Waals surface area contributed by atoms with E-state index >= 15 is 0 Å². The normalized spacial score (nSPS) is 11.1. The van der Waals surface area contributed by atoms with Crippen LogP contribution in [0.5, 0.6) is 0 Å². The second-order valence-corrected chi connectivity index (χ2v) is 5.51. The first-order valence-electron chi connectivity index (χ1n) is 5.48. The van der Waals surface area contributed by atoms with Crippen molar-refractivity contribution in [2.75, 3.05) is 4.72 Å². The molecule has 0 saturated heterocycles. The van der Waals surface area contributed by atoms with Gasteiger partial charge in [-0.1, -0.05) is 6.07 Å². The smallest absolute Gasteiger partial charge is 0.341 e. The number of hydrogen-bond donors (Lipinski definition) is 2. The molecule has 0 aliphatic carbocycles. The van der Waals surface area contributed by atoms with Gasteiger partial charge in [0.15, 0.2) is 5.82 Å². The minimum Gasteiger partial charge on any atom is -0.477 e. The number of benzene rings is 1. The summed E-state index contributed by atoms with van der Waals surface area (Å²) in [5.74, 6) is -5.03. The highest BCUT2D eigenvalue weighted by atomic mass is 32.2. The Bertz CT molecular complexity index is 794. The number of aromatic nitrogens is 1. The SMILES string of the molecule is O=C(O)c1c(F)ccc(S(=O)(=O)Nc2ccccn2)c1F. The van der Waals surface area contributed by atoms with Crippen LogP contribution in [0, 0.1) is 11.6 Å². The average molecular weight is 314 g/mol. The van der Waals surface area contributed by atoms with Gasteiger partial charge < -0.3 is 5.11 Å². The highest BCUT2D eigenvalue weighted by molar-refractivity contribution is 7.92. The third kappa shape index (κ3) is 2.97. The number of sulfonamides is 1. The maximum Gasteiger partial charge on any atom is 0.341 e. The van der Waals surface area contributed by atoms with Crippen LogP contribution in [0.15, 0.2) is 41.4 Å². The number of carboxylic acids is 1. The van der Waals surface area contributed by atoms with Crippen LogP contribution in [0.25, 0.3) is 0 Å². The topological polar surface area (TPSA) is 96.4 Å². The van der Waals surface area contributed by atoms with E-state index in [2.05, 4.69) is 4.98 Å². The molecule has 0 radical (unpaired) electrons. The molecule has 9 heteroatoms. The van der Waals surface area contributed by atoms with Crippen LogP contribution < -0.4 is 4.72 Å². The number of carboxylic acid groups (broad SMARTS) is 1. The molecule has 0 spiro atoms. The Labute approximate surface area is 118 Å². The summed E-state index contributed by atoms with van der Waals surface area (Å²) in [6.45, 7) is 0. The van der Waals surface area contributed by atoms with Gasteiger partial charge in [0.05, 0.1) is 0 Å². The number of nitrogens with zero attached hydrogens (tertiary/aromatic N) is 1. The van der Waals surface area contributed by atoms with Crippen molar-refractivity contribution < 1.29 is 27.1 Å². The summed E-state index contributed by atoms with van der Waals surface area (Å²) in [6, 6.07) is 5.56. The fraction of sp³-hybridized carbons (Fsp3) is 0. The fourth-order valence-corrected chi connectivity index (χ4v) is 2.64. The quantitative estimate of drug-likeness (QED) is 0.898. The molecule has 0 aliphatic rings. The highest BCUT2D eigenvalue weighted by Gasteiger charge is 2.27. The van der Waals surface area contributed by atoms with Gasteiger partial charge in [0, 0.05) is 6.20 Å². The van der Waals surface area contributed by atoms with Gasteiger partial charge in [-0.15, -0.1) is 0 Å². The molecule has 2 rings (SSSR count). The Morgan fingerprint density at radius 3 is 2.48 bits per heavy atom. The molecule has 1 heterocycles. The first kappa shape index (κ1) is 14.9. The molecule has 110 valence electrons. The Balaban J connectivity index is 2.51. The number of pyridine rings is 1. The molecule has 0 saturated carbocycles. The van der Waals surface area contributed by atoms with Crippen LogP contribution >= 0.6 is 0 Å². The lowest BCUT2D eigenvalue weighted by Gasteiger charge is -2.09. The molecule has 0 aliphatic heterocycles. The third-order valence-corrected chi connectivity index (χ3v) is 3.84. The summed E-state index contributed by atoms with van der Waals surface area (Å²) in [6.07, 6.45) is 1.31. The second-order valence-electron chi connectivity index (χ2n) is 3.86. The van der Waals surface area contributed by atoms with Crippen molar-refractivity contribution in [3.05, 3.63) is 53.7 Å². The number of carbonyl (C=O) groups is 1. The number of aromatic carboxylic acids is 1. The third-order valence-electron chi connectivity index (χ3n) is 2.46. The average Bonchev–Trinajstić information content (AvgIpc) is 2.38. The Hall–Kier alpha value is -2.55. The standard InChI is InChI=1S/C12H8F2N2O4S/c13-7-4-5-8(11(14)10(7)12(17)18)21(19,20)16-9-3-1-2-6-15-9/h1-6H,(H,15,16)(H,17,18). The van der Waals surface area contributed by atoms with E-state index in [1.165, 1.54) is 18.3 Å². The van der Waals surface area contributed by atoms with Crippen molar-refractivity contribution in [1.29, 1.82) is 0 Å². The second kappa shape index (κ2) is 5.44. The Kier molecular flexibility index (Phi) is 3.85. The highest BCUT2D eigenvalue weighted by Crippen LogP contribution is 2.22. The monoisotopic (exact) mass is 314 g/mol. The van der Waals surface area contributed by atoms with Crippen molar-refractivity contribution in [3.63, 3.8) is 0 Å². The maximum absolute atomic E-state index is 13.9. The molecular weight excluding hydrogens is 306 g/mol. The van der Waals surface area contributed by atoms with Crippen LogP contribution in [-0.2, 0) is 10.0 Å². The van der Waals surface area contributed by atoms with E-state index in [4.69, 9.17) is 5.11 Å². The maximum atomic E-state index is 13.9. The minimum absolute atomic E-state index is 0.0851. The number of halogens is 2. The molecule has 0 amide bonds. The van der Waals surface area contributed by atoms with E-state index in [-0.39, 0.29) is 5.82 Å². The molecule has 0 unspecified atom stereocenters. The molecule has 6 nitrogen and oxygen atoms in total. The van der Waals surface area contributed by atoms with E-state index in [0.29, 0.717) is 12.1 Å². The van der Waals surface area contributed by atoms with Crippen molar-refractivity contribution in [1.82, 2.24) is 4.98 Å². The zero-order valence-corrected chi connectivity index (χ0v) is 11.1. The summed E-state index contributed by atoms with van der Waals surface area (Å²) >= 11 is 0. The van der Waals surface area contributed by atoms with Crippen LogP contribution in [0.4, 0.5) is 14.6 Å². The predicted molar refractivity (Wildman–Crippen MR) is 68.4 cm³/mol. The minimum atomic E-state index is -4.43. The number of nitrogens with one attached hydrogen (secondary N) is 1. The molecule has 0 fully saturated rings. The van der Waals surface area contributed by atoms with Crippen LogP contribution in [0.3, 0.4) is 0 Å². The van der Waals surface area contributed by atoms with E-state index in [9.17, 15) is 22.0 Å². The summed E-state index contributed by atoms with van der Waals surface area (Å²) < 4.78 is 53.1. The summed E-state index contributed by atoms with van der Waals surface area (Å²) in [5, 5.41) is 8.72. The molecule has 1 aromatic heterocycles. The van der Waals surface area contributed by atoms with E-state index in [0.717, 1.165) is 0 Å². The number of hydrogen-bond acceptors (Lipinski definition) is 4. The lowest BCUT2D eigenvalue weighted by Crippen LogP contribution is -2.18. The molecule has 0 bridgehead atoms. The van der Waals surface area contributed by atoms with Gasteiger partial charge in [0.25, 0.3) is 10.0 Å². The first-order valence-corrected chi connectivity index (χ1v) is 6.96. The number of anilines is 1. The molecule has 21 heavy (non-hydrogen) atoms. The lowest BCUT2D eigenvalue weighted by molar-refractivity contribution is 0.0685. The van der Waals surface area contributed by atoms with Gasteiger partial charge in [0.1, 0.15) is 22.1 Å². The van der Waals surface area contributed by atoms with E-state index in [1.807, 2.05) is 4.72 Å². The number of rotatable bonds is 4. The molecule has 1 aromatic carbocycles.